The van der Waals surface area contributed by atoms with E-state index in [2.05, 4.69) is 5.32 Å². The van der Waals surface area contributed by atoms with Crippen molar-refractivity contribution in [3.63, 3.8) is 0 Å². The average Bonchev–Trinajstić information content (AvgIpc) is 1.83. The van der Waals surface area contributed by atoms with Gasteiger partial charge in [0, 0.05) is 25.0 Å². The number of carbonyl (C=O) groups is 1. The molecule has 4 heteroatoms. The summed E-state index contributed by atoms with van der Waals surface area (Å²) < 4.78 is 0. The normalized spacial score (nSPS) is 29.5. The van der Waals surface area contributed by atoms with Crippen LogP contribution in [0, 0.1) is 0 Å². The van der Waals surface area contributed by atoms with Crippen LogP contribution in [0.25, 0.3) is 0 Å². The Labute approximate surface area is 66.3 Å². The number of nitrogens with two attached hydrogens (primary N) is 2. The number of hydrogen-bond acceptors (Lipinski definition) is 3. The van der Waals surface area contributed by atoms with Crippen molar-refractivity contribution in [2.75, 3.05) is 6.54 Å². The van der Waals surface area contributed by atoms with Crippen LogP contribution in [0.15, 0.2) is 0 Å². The van der Waals surface area contributed by atoms with Crippen LogP contribution in [-0.4, -0.2) is 24.5 Å². The first-order valence-electron chi connectivity index (χ1n) is 3.95. The molecule has 0 aromatic heterocycles. The molecule has 1 amide bonds. The molecular formula is C7H15N3O. The van der Waals surface area contributed by atoms with E-state index in [1.54, 1.807) is 0 Å². The Balaban J connectivity index is 1.92. The average molecular weight is 157 g/mol. The van der Waals surface area contributed by atoms with Gasteiger partial charge in [-0.15, -0.1) is 0 Å². The van der Waals surface area contributed by atoms with E-state index in [-0.39, 0.29) is 5.91 Å². The van der Waals surface area contributed by atoms with Gasteiger partial charge in [0.25, 0.3) is 0 Å². The molecule has 0 bridgehead atoms. The number of rotatable bonds is 4. The highest BCUT2D eigenvalue weighted by Crippen LogP contribution is 2.16. The van der Waals surface area contributed by atoms with E-state index in [4.69, 9.17) is 11.5 Å². The Morgan fingerprint density at radius 2 is 2.18 bits per heavy atom. The van der Waals surface area contributed by atoms with Crippen molar-refractivity contribution in [1.82, 2.24) is 5.32 Å². The second kappa shape index (κ2) is 3.69. The van der Waals surface area contributed by atoms with Crippen molar-refractivity contribution in [1.29, 1.82) is 0 Å². The Bertz CT molecular complexity index is 143. The van der Waals surface area contributed by atoms with E-state index < -0.39 is 0 Å². The lowest BCUT2D eigenvalue weighted by molar-refractivity contribution is -0.117. The largest absolute Gasteiger partial charge is 0.370 e. The van der Waals surface area contributed by atoms with E-state index in [1.165, 1.54) is 0 Å². The molecule has 0 saturated heterocycles. The first kappa shape index (κ1) is 8.49. The fourth-order valence-corrected chi connectivity index (χ4v) is 1.23. The molecular weight excluding hydrogens is 142 g/mol. The summed E-state index contributed by atoms with van der Waals surface area (Å²) in [4.78, 5) is 10.3. The molecule has 0 unspecified atom stereocenters. The van der Waals surface area contributed by atoms with Crippen LogP contribution in [0.3, 0.4) is 0 Å². The van der Waals surface area contributed by atoms with Gasteiger partial charge in [-0.3, -0.25) is 4.79 Å². The van der Waals surface area contributed by atoms with Crippen LogP contribution in [0.4, 0.5) is 0 Å². The molecule has 11 heavy (non-hydrogen) atoms. The molecule has 0 aromatic rings. The molecule has 0 aromatic carbocycles. The molecule has 64 valence electrons. The molecule has 0 heterocycles. The van der Waals surface area contributed by atoms with Crippen molar-refractivity contribution in [2.45, 2.75) is 31.3 Å². The van der Waals surface area contributed by atoms with Gasteiger partial charge in [0.1, 0.15) is 0 Å². The zero-order valence-corrected chi connectivity index (χ0v) is 6.55. The Morgan fingerprint density at radius 3 is 2.64 bits per heavy atom. The maximum absolute atomic E-state index is 10.3. The number of amides is 1. The summed E-state index contributed by atoms with van der Waals surface area (Å²) in [5, 5.41) is 3.20. The van der Waals surface area contributed by atoms with Crippen LogP contribution >= 0.6 is 0 Å². The fourth-order valence-electron chi connectivity index (χ4n) is 1.23. The standard InChI is InChI=1S/C7H15N3O/c8-5-3-6(4-5)10-2-1-7(9)11/h5-6,10H,1-4,8H2,(H2,9,11). The van der Waals surface area contributed by atoms with Gasteiger partial charge < -0.3 is 16.8 Å². The third kappa shape index (κ3) is 2.86. The lowest BCUT2D eigenvalue weighted by Crippen LogP contribution is -2.48. The number of nitrogens with one attached hydrogen (secondary N) is 1. The second-order valence-corrected chi connectivity index (χ2v) is 3.10. The molecule has 0 radical (unpaired) electrons. The minimum Gasteiger partial charge on any atom is -0.370 e. The minimum atomic E-state index is -0.249. The summed E-state index contributed by atoms with van der Waals surface area (Å²) in [6, 6.07) is 0.880. The van der Waals surface area contributed by atoms with E-state index in [0.29, 0.717) is 25.0 Å². The molecule has 0 atom stereocenters. The maximum atomic E-state index is 10.3. The molecule has 1 saturated carbocycles. The molecule has 1 rings (SSSR count). The fraction of sp³-hybridized carbons (Fsp3) is 0.857. The highest BCUT2D eigenvalue weighted by Gasteiger charge is 2.24. The quantitative estimate of drug-likeness (QED) is 0.486. The number of primary amides is 1. The number of carbonyl (C=O) groups excluding carboxylic acids is 1. The van der Waals surface area contributed by atoms with E-state index >= 15 is 0 Å². The zero-order chi connectivity index (χ0) is 8.27. The second-order valence-electron chi connectivity index (χ2n) is 3.10. The minimum absolute atomic E-state index is 0.249. The van der Waals surface area contributed by atoms with Crippen molar-refractivity contribution in [3.8, 4) is 0 Å². The van der Waals surface area contributed by atoms with E-state index in [9.17, 15) is 4.79 Å². The Morgan fingerprint density at radius 1 is 1.55 bits per heavy atom. The van der Waals surface area contributed by atoms with Crippen LogP contribution in [0.5, 0.6) is 0 Å². The van der Waals surface area contributed by atoms with Gasteiger partial charge in [0.2, 0.25) is 5.91 Å². The van der Waals surface area contributed by atoms with Crippen LogP contribution in [-0.2, 0) is 4.79 Å². The van der Waals surface area contributed by atoms with Crippen molar-refractivity contribution < 1.29 is 4.79 Å². The Kier molecular flexibility index (Phi) is 2.84. The van der Waals surface area contributed by atoms with Crippen LogP contribution < -0.4 is 16.8 Å². The third-order valence-corrected chi connectivity index (χ3v) is 1.98. The van der Waals surface area contributed by atoms with Gasteiger partial charge in [-0.25, -0.2) is 0 Å². The molecule has 1 aliphatic carbocycles. The predicted octanol–water partition coefficient (Wildman–Crippen LogP) is -1.06. The zero-order valence-electron chi connectivity index (χ0n) is 6.55. The summed E-state index contributed by atoms with van der Waals surface area (Å²) in [5.74, 6) is -0.249. The molecule has 1 fully saturated rings. The van der Waals surface area contributed by atoms with Gasteiger partial charge in [-0.05, 0) is 12.8 Å². The highest BCUT2D eigenvalue weighted by atomic mass is 16.1. The molecule has 0 aliphatic heterocycles. The van der Waals surface area contributed by atoms with Crippen LogP contribution in [0.2, 0.25) is 0 Å². The Hall–Kier alpha value is -0.610. The van der Waals surface area contributed by atoms with Crippen molar-refractivity contribution in [2.24, 2.45) is 11.5 Å². The first-order chi connectivity index (χ1) is 5.18. The molecule has 5 N–H and O–H groups in total. The van der Waals surface area contributed by atoms with Gasteiger partial charge in [-0.2, -0.15) is 0 Å². The predicted molar refractivity (Wildman–Crippen MR) is 42.8 cm³/mol. The topological polar surface area (TPSA) is 81.1 Å². The van der Waals surface area contributed by atoms with Gasteiger partial charge in [-0.1, -0.05) is 0 Å². The lowest BCUT2D eigenvalue weighted by Gasteiger charge is -2.33. The monoisotopic (exact) mass is 157 g/mol. The van der Waals surface area contributed by atoms with E-state index in [1.807, 2.05) is 0 Å². The maximum Gasteiger partial charge on any atom is 0.218 e. The van der Waals surface area contributed by atoms with E-state index in [0.717, 1.165) is 12.8 Å². The third-order valence-electron chi connectivity index (χ3n) is 1.98. The molecule has 0 spiro atoms. The summed E-state index contributed by atoms with van der Waals surface area (Å²) in [6.45, 7) is 0.687. The van der Waals surface area contributed by atoms with Crippen molar-refractivity contribution >= 4 is 5.91 Å². The number of hydrogen-bond donors (Lipinski definition) is 3. The molecule has 1 aliphatic rings. The molecule has 4 nitrogen and oxygen atoms in total. The van der Waals surface area contributed by atoms with Crippen LogP contribution in [0.1, 0.15) is 19.3 Å². The summed E-state index contributed by atoms with van der Waals surface area (Å²) in [7, 11) is 0. The summed E-state index contributed by atoms with van der Waals surface area (Å²) in [5.41, 5.74) is 10.5. The highest BCUT2D eigenvalue weighted by molar-refractivity contribution is 5.73. The lowest BCUT2D eigenvalue weighted by atomic mass is 9.88. The van der Waals surface area contributed by atoms with Crippen molar-refractivity contribution in [3.05, 3.63) is 0 Å². The van der Waals surface area contributed by atoms with Gasteiger partial charge in [0.05, 0.1) is 0 Å². The SMILES string of the molecule is NC(=O)CCNC1CC(N)C1. The smallest absolute Gasteiger partial charge is 0.218 e. The summed E-state index contributed by atoms with van der Waals surface area (Å²) in [6.07, 6.45) is 2.48. The summed E-state index contributed by atoms with van der Waals surface area (Å²) >= 11 is 0. The first-order valence-corrected chi connectivity index (χ1v) is 3.95. The van der Waals surface area contributed by atoms with Gasteiger partial charge >= 0.3 is 0 Å². The van der Waals surface area contributed by atoms with Gasteiger partial charge in [0.15, 0.2) is 0 Å².